The van der Waals surface area contributed by atoms with E-state index in [0.29, 0.717) is 19.7 Å². The van der Waals surface area contributed by atoms with Crippen LogP contribution in [0.2, 0.25) is 0 Å². The van der Waals surface area contributed by atoms with Gasteiger partial charge in [-0.05, 0) is 75.4 Å². The van der Waals surface area contributed by atoms with E-state index < -0.39 is 0 Å². The maximum Gasteiger partial charge on any atom is 0.236 e. The van der Waals surface area contributed by atoms with Gasteiger partial charge in [0.15, 0.2) is 0 Å². The van der Waals surface area contributed by atoms with Crippen LogP contribution in [0.1, 0.15) is 48.9 Å². The van der Waals surface area contributed by atoms with Gasteiger partial charge >= 0.3 is 0 Å². The Labute approximate surface area is 232 Å². The number of carbonyl (C=O) groups excluding carboxylic acids is 2. The summed E-state index contributed by atoms with van der Waals surface area (Å²) in [6.07, 6.45) is 7.41. The van der Waals surface area contributed by atoms with Crippen LogP contribution in [0.3, 0.4) is 0 Å². The summed E-state index contributed by atoms with van der Waals surface area (Å²) in [5.74, 6) is 1.30. The molecule has 0 atom stereocenters. The van der Waals surface area contributed by atoms with Crippen LogP contribution in [-0.4, -0.2) is 90.5 Å². The largest absolute Gasteiger partial charge is 0.491 e. The van der Waals surface area contributed by atoms with E-state index in [1.165, 1.54) is 11.1 Å². The molecule has 2 fully saturated rings. The van der Waals surface area contributed by atoms with E-state index in [1.54, 1.807) is 0 Å². The van der Waals surface area contributed by atoms with E-state index in [4.69, 9.17) is 4.74 Å². The third kappa shape index (κ3) is 6.97. The van der Waals surface area contributed by atoms with Gasteiger partial charge in [0, 0.05) is 38.9 Å². The van der Waals surface area contributed by atoms with Crippen molar-refractivity contribution in [3.05, 3.63) is 59.4 Å². The Morgan fingerprint density at radius 3 is 2.56 bits per heavy atom. The number of ether oxygens (including phenoxy) is 1. The summed E-state index contributed by atoms with van der Waals surface area (Å²) in [6.45, 7) is 9.23. The van der Waals surface area contributed by atoms with Gasteiger partial charge in [-0.15, -0.1) is 0 Å². The summed E-state index contributed by atoms with van der Waals surface area (Å²) in [5.41, 5.74) is 3.24. The second kappa shape index (κ2) is 12.9. The molecule has 8 nitrogen and oxygen atoms in total. The number of hydrogen-bond donors (Lipinski definition) is 1. The quantitative estimate of drug-likeness (QED) is 0.651. The molecule has 2 aromatic rings. The minimum absolute atomic E-state index is 0.158. The summed E-state index contributed by atoms with van der Waals surface area (Å²) >= 11 is 0. The van der Waals surface area contributed by atoms with Gasteiger partial charge in [0.1, 0.15) is 12.4 Å². The standard InChI is InChI=1S/C31H43N5O3/c1-25-7-6-14-32-27(25)23-35-18-20-36(21-19-35)29(37)24-34-16-12-31(13-17-34)11-5-4-9-26-8-2-3-10-28(26)39-22-15-33-30(31)38/h2-3,6-8,10,14H,4-5,9,11-13,15-24H2,1H3,(H,33,38). The van der Waals surface area contributed by atoms with Crippen molar-refractivity contribution in [1.82, 2.24) is 25.0 Å². The first kappa shape index (κ1) is 27.6. The van der Waals surface area contributed by atoms with Crippen LogP contribution in [0.5, 0.6) is 5.75 Å². The van der Waals surface area contributed by atoms with Gasteiger partial charge in [-0.25, -0.2) is 0 Å². The second-order valence-corrected chi connectivity index (χ2v) is 11.4. The zero-order chi connectivity index (χ0) is 27.1. The van der Waals surface area contributed by atoms with Crippen molar-refractivity contribution < 1.29 is 14.3 Å². The third-order valence-corrected chi connectivity index (χ3v) is 8.84. The number of fused-ring (bicyclic) bond motifs is 1. The number of nitrogens with zero attached hydrogens (tertiary/aromatic N) is 4. The number of para-hydroxylation sites is 1. The van der Waals surface area contributed by atoms with E-state index >= 15 is 0 Å². The molecule has 1 N–H and O–H groups in total. The fraction of sp³-hybridized carbons (Fsp3) is 0.581. The van der Waals surface area contributed by atoms with Crippen molar-refractivity contribution in [2.75, 3.05) is 59.0 Å². The number of carbonyl (C=O) groups is 2. The molecule has 5 rings (SSSR count). The first-order chi connectivity index (χ1) is 19.0. The van der Waals surface area contributed by atoms with Crippen LogP contribution in [0.15, 0.2) is 42.6 Å². The molecule has 0 bridgehead atoms. The Bertz CT molecular complexity index is 1120. The maximum atomic E-state index is 13.3. The summed E-state index contributed by atoms with van der Waals surface area (Å²) in [5, 5.41) is 3.16. The van der Waals surface area contributed by atoms with Crippen molar-refractivity contribution in [3.8, 4) is 5.75 Å². The molecule has 0 unspecified atom stereocenters. The molecule has 8 heteroatoms. The zero-order valence-corrected chi connectivity index (χ0v) is 23.4. The van der Waals surface area contributed by atoms with Gasteiger partial charge in [-0.3, -0.25) is 24.4 Å². The van der Waals surface area contributed by atoms with E-state index in [0.717, 1.165) is 95.8 Å². The monoisotopic (exact) mass is 533 g/mol. The van der Waals surface area contributed by atoms with Gasteiger partial charge in [-0.2, -0.15) is 0 Å². The first-order valence-corrected chi connectivity index (χ1v) is 14.6. The number of amides is 2. The molecule has 0 aliphatic carbocycles. The van der Waals surface area contributed by atoms with Crippen molar-refractivity contribution in [2.24, 2.45) is 5.41 Å². The number of pyridine rings is 1. The van der Waals surface area contributed by atoms with Gasteiger partial charge in [0.25, 0.3) is 0 Å². The first-order valence-electron chi connectivity index (χ1n) is 14.6. The lowest BCUT2D eigenvalue weighted by atomic mass is 9.73. The zero-order valence-electron chi connectivity index (χ0n) is 23.4. The lowest BCUT2D eigenvalue weighted by molar-refractivity contribution is -0.137. The second-order valence-electron chi connectivity index (χ2n) is 11.4. The van der Waals surface area contributed by atoms with Crippen LogP contribution in [0.4, 0.5) is 0 Å². The van der Waals surface area contributed by atoms with Crippen LogP contribution in [0.25, 0.3) is 0 Å². The van der Waals surface area contributed by atoms with Crippen LogP contribution in [0, 0.1) is 12.3 Å². The van der Waals surface area contributed by atoms with E-state index in [-0.39, 0.29) is 17.2 Å². The lowest BCUT2D eigenvalue weighted by Crippen LogP contribution is -2.53. The molecule has 3 aliphatic heterocycles. The van der Waals surface area contributed by atoms with Crippen LogP contribution < -0.4 is 10.1 Å². The molecular weight excluding hydrogens is 490 g/mol. The number of piperazine rings is 1. The molecule has 0 radical (unpaired) electrons. The number of aryl methyl sites for hydroxylation is 2. The SMILES string of the molecule is Cc1cccnc1CN1CCN(C(=O)CN2CCC3(CCCCc4ccccc4OCCNC3=O)CC2)CC1. The smallest absolute Gasteiger partial charge is 0.236 e. The number of benzene rings is 1. The fourth-order valence-corrected chi connectivity index (χ4v) is 6.22. The molecule has 4 heterocycles. The Morgan fingerprint density at radius 1 is 0.974 bits per heavy atom. The molecule has 2 amide bonds. The molecule has 1 aromatic carbocycles. The van der Waals surface area contributed by atoms with Crippen molar-refractivity contribution in [1.29, 1.82) is 0 Å². The molecule has 3 aliphatic rings. The lowest BCUT2D eigenvalue weighted by Gasteiger charge is -2.41. The number of piperidine rings is 1. The van der Waals surface area contributed by atoms with Gasteiger partial charge in [0.05, 0.1) is 24.2 Å². The summed E-state index contributed by atoms with van der Waals surface area (Å²) in [7, 11) is 0. The highest BCUT2D eigenvalue weighted by molar-refractivity contribution is 5.83. The Morgan fingerprint density at radius 2 is 1.77 bits per heavy atom. The number of likely N-dealkylation sites (tertiary alicyclic amines) is 1. The Hall–Kier alpha value is -2.97. The highest BCUT2D eigenvalue weighted by atomic mass is 16.5. The predicted octanol–water partition coefficient (Wildman–Crippen LogP) is 3.04. The fourth-order valence-electron chi connectivity index (χ4n) is 6.22. The van der Waals surface area contributed by atoms with E-state index in [1.807, 2.05) is 29.3 Å². The Kier molecular flexibility index (Phi) is 9.14. The summed E-state index contributed by atoms with van der Waals surface area (Å²) < 4.78 is 5.97. The van der Waals surface area contributed by atoms with Crippen LogP contribution >= 0.6 is 0 Å². The molecule has 39 heavy (non-hydrogen) atoms. The Balaban J connectivity index is 1.09. The predicted molar refractivity (Wildman–Crippen MR) is 151 cm³/mol. The molecule has 0 saturated carbocycles. The summed E-state index contributed by atoms with van der Waals surface area (Å²) in [4.78, 5) is 37.6. The maximum absolute atomic E-state index is 13.3. The molecule has 2 saturated heterocycles. The summed E-state index contributed by atoms with van der Waals surface area (Å²) in [6, 6.07) is 12.3. The topological polar surface area (TPSA) is 78.0 Å². The average molecular weight is 534 g/mol. The molecule has 1 spiro atoms. The number of hydrogen-bond acceptors (Lipinski definition) is 6. The van der Waals surface area contributed by atoms with Gasteiger partial charge < -0.3 is 15.0 Å². The van der Waals surface area contributed by atoms with Crippen molar-refractivity contribution in [2.45, 2.75) is 52.0 Å². The highest BCUT2D eigenvalue weighted by Crippen LogP contribution is 2.37. The average Bonchev–Trinajstić information content (AvgIpc) is 2.96. The van der Waals surface area contributed by atoms with Gasteiger partial charge in [0.2, 0.25) is 11.8 Å². The molecular formula is C31H43N5O3. The number of rotatable bonds is 4. The van der Waals surface area contributed by atoms with E-state index in [9.17, 15) is 9.59 Å². The molecule has 1 aromatic heterocycles. The minimum atomic E-state index is -0.340. The highest BCUT2D eigenvalue weighted by Gasteiger charge is 2.41. The van der Waals surface area contributed by atoms with Gasteiger partial charge in [-0.1, -0.05) is 30.7 Å². The number of aromatic nitrogens is 1. The van der Waals surface area contributed by atoms with Crippen molar-refractivity contribution >= 4 is 11.8 Å². The van der Waals surface area contributed by atoms with Crippen LogP contribution in [-0.2, 0) is 22.6 Å². The third-order valence-electron chi connectivity index (χ3n) is 8.84. The normalized spacial score (nSPS) is 21.3. The van der Waals surface area contributed by atoms with Crippen molar-refractivity contribution in [3.63, 3.8) is 0 Å². The molecule has 210 valence electrons. The van der Waals surface area contributed by atoms with E-state index in [2.05, 4.69) is 45.2 Å². The minimum Gasteiger partial charge on any atom is -0.491 e. The number of nitrogens with one attached hydrogen (secondary N) is 1.